The average molecular weight is 473 g/mol. The number of sulfone groups is 1. The molecule has 1 N–H and O–H groups in total. The molecule has 0 unspecified atom stereocenters. The molecule has 10 heteroatoms. The number of hydrogen-bond donors (Lipinski definition) is 1. The van der Waals surface area contributed by atoms with Crippen molar-refractivity contribution in [3.05, 3.63) is 59.2 Å². The molecule has 3 amide bonds. The van der Waals surface area contributed by atoms with Gasteiger partial charge in [-0.1, -0.05) is 18.2 Å². The number of rotatable bonds is 7. The van der Waals surface area contributed by atoms with Crippen molar-refractivity contribution in [3.8, 4) is 11.5 Å². The van der Waals surface area contributed by atoms with Crippen LogP contribution in [0.1, 0.15) is 45.7 Å². The maximum absolute atomic E-state index is 13.3. The molecule has 174 valence electrons. The molecular formula is C23H24N2O7S. The summed E-state index contributed by atoms with van der Waals surface area (Å²) in [5, 5.41) is 2.81. The highest BCUT2D eigenvalue weighted by Gasteiger charge is 2.43. The summed E-state index contributed by atoms with van der Waals surface area (Å²) in [6, 6.07) is 9.80. The van der Waals surface area contributed by atoms with Gasteiger partial charge in [-0.3, -0.25) is 19.3 Å². The van der Waals surface area contributed by atoms with Gasteiger partial charge in [0.25, 0.3) is 11.8 Å². The van der Waals surface area contributed by atoms with Crippen molar-refractivity contribution in [1.29, 1.82) is 0 Å². The fourth-order valence-electron chi connectivity index (χ4n) is 3.92. The molecule has 0 bridgehead atoms. The maximum Gasteiger partial charge on any atom is 0.262 e. The fourth-order valence-corrected chi connectivity index (χ4v) is 4.57. The second-order valence-corrected chi connectivity index (χ2v) is 10.4. The van der Waals surface area contributed by atoms with Gasteiger partial charge in [0.15, 0.2) is 11.5 Å². The first-order valence-corrected chi connectivity index (χ1v) is 12.6. The average Bonchev–Trinajstić information content (AvgIpc) is 3.03. The Labute approximate surface area is 191 Å². The maximum atomic E-state index is 13.3. The van der Waals surface area contributed by atoms with Crippen LogP contribution in [0.15, 0.2) is 42.5 Å². The third-order valence-corrected chi connectivity index (χ3v) is 6.60. The summed E-state index contributed by atoms with van der Waals surface area (Å²) in [7, 11) is -3.44. The van der Waals surface area contributed by atoms with Gasteiger partial charge in [0.1, 0.15) is 29.1 Å². The highest BCUT2D eigenvalue weighted by Crippen LogP contribution is 2.33. The van der Waals surface area contributed by atoms with Crippen LogP contribution in [0.3, 0.4) is 0 Å². The van der Waals surface area contributed by atoms with E-state index in [2.05, 4.69) is 5.32 Å². The first-order chi connectivity index (χ1) is 15.7. The third-order valence-electron chi connectivity index (χ3n) is 5.63. The molecule has 0 aromatic heterocycles. The second kappa shape index (κ2) is 8.86. The number of fused-ring (bicyclic) bond motifs is 2. The molecule has 9 nitrogen and oxygen atoms in total. The number of nitrogens with one attached hydrogen (secondary N) is 1. The molecule has 33 heavy (non-hydrogen) atoms. The summed E-state index contributed by atoms with van der Waals surface area (Å²) in [5.41, 5.74) is 1.12. The molecule has 2 aliphatic heterocycles. The molecule has 0 saturated heterocycles. The zero-order valence-corrected chi connectivity index (χ0v) is 19.1. The molecule has 2 aromatic carbocycles. The third kappa shape index (κ3) is 4.70. The van der Waals surface area contributed by atoms with E-state index in [9.17, 15) is 22.8 Å². The lowest BCUT2D eigenvalue weighted by atomic mass is 10.1. The molecule has 0 aliphatic carbocycles. The Kier molecular flexibility index (Phi) is 6.11. The number of amides is 3. The summed E-state index contributed by atoms with van der Waals surface area (Å²) < 4.78 is 34.7. The van der Waals surface area contributed by atoms with Gasteiger partial charge < -0.3 is 14.8 Å². The van der Waals surface area contributed by atoms with E-state index in [1.165, 1.54) is 12.1 Å². The number of ether oxygens (including phenoxy) is 2. The highest BCUT2D eigenvalue weighted by atomic mass is 32.2. The van der Waals surface area contributed by atoms with Crippen molar-refractivity contribution < 1.29 is 32.3 Å². The molecule has 2 atom stereocenters. The molecular weight excluding hydrogens is 448 g/mol. The van der Waals surface area contributed by atoms with Crippen molar-refractivity contribution in [2.24, 2.45) is 0 Å². The van der Waals surface area contributed by atoms with E-state index in [0.717, 1.165) is 16.7 Å². The van der Waals surface area contributed by atoms with Crippen molar-refractivity contribution >= 4 is 27.6 Å². The minimum atomic E-state index is -3.44. The van der Waals surface area contributed by atoms with Crippen LogP contribution in [0, 0.1) is 0 Å². The van der Waals surface area contributed by atoms with Crippen LogP contribution in [0.4, 0.5) is 0 Å². The van der Waals surface area contributed by atoms with Crippen LogP contribution >= 0.6 is 0 Å². The summed E-state index contributed by atoms with van der Waals surface area (Å²) in [5.74, 6) is -1.02. The molecule has 4 rings (SSSR count). The van der Waals surface area contributed by atoms with E-state index in [-0.39, 0.29) is 23.3 Å². The standard InChI is InChI=1S/C23H24N2O7S/c1-14(15-7-8-19-20(13-15)32-11-10-31-19)24-21(26)18(9-12-33(2,29)30)25-22(27)16-5-3-4-6-17(16)23(25)28/h3-8,13-14,18H,9-12H2,1-2H3,(H,24,26)/t14-,18-/m1/s1. The van der Waals surface area contributed by atoms with Gasteiger partial charge in [0.2, 0.25) is 5.91 Å². The number of carbonyl (C=O) groups excluding carboxylic acids is 3. The summed E-state index contributed by atoms with van der Waals surface area (Å²) in [4.78, 5) is 40.0. The molecule has 0 fully saturated rings. The smallest absolute Gasteiger partial charge is 0.262 e. The van der Waals surface area contributed by atoms with Crippen molar-refractivity contribution in [1.82, 2.24) is 10.2 Å². The number of hydrogen-bond acceptors (Lipinski definition) is 7. The van der Waals surface area contributed by atoms with Crippen molar-refractivity contribution in [2.45, 2.75) is 25.4 Å². The van der Waals surface area contributed by atoms with Gasteiger partial charge >= 0.3 is 0 Å². The zero-order valence-electron chi connectivity index (χ0n) is 18.2. The highest BCUT2D eigenvalue weighted by molar-refractivity contribution is 7.90. The summed E-state index contributed by atoms with van der Waals surface area (Å²) in [6.45, 7) is 2.63. The van der Waals surface area contributed by atoms with Crippen LogP contribution in [0.25, 0.3) is 0 Å². The largest absolute Gasteiger partial charge is 0.486 e. The molecule has 0 radical (unpaired) electrons. The van der Waals surface area contributed by atoms with Crippen LogP contribution in [-0.2, 0) is 14.6 Å². The van der Waals surface area contributed by atoms with Gasteiger partial charge in [0, 0.05) is 6.26 Å². The van der Waals surface area contributed by atoms with Gasteiger partial charge in [0.05, 0.1) is 22.9 Å². The first kappa shape index (κ1) is 22.8. The Morgan fingerprint density at radius 3 is 2.24 bits per heavy atom. The Morgan fingerprint density at radius 1 is 1.03 bits per heavy atom. The lowest BCUT2D eigenvalue weighted by Crippen LogP contribution is -2.50. The van der Waals surface area contributed by atoms with Crippen LogP contribution in [0.5, 0.6) is 11.5 Å². The number of carbonyl (C=O) groups is 3. The predicted octanol–water partition coefficient (Wildman–Crippen LogP) is 1.73. The monoisotopic (exact) mass is 472 g/mol. The van der Waals surface area contributed by atoms with E-state index in [4.69, 9.17) is 9.47 Å². The Morgan fingerprint density at radius 2 is 1.64 bits per heavy atom. The van der Waals surface area contributed by atoms with Gasteiger partial charge in [-0.05, 0) is 43.2 Å². The van der Waals surface area contributed by atoms with E-state index in [1.807, 2.05) is 0 Å². The van der Waals surface area contributed by atoms with Crippen LogP contribution < -0.4 is 14.8 Å². The minimum Gasteiger partial charge on any atom is -0.486 e. The molecule has 2 aliphatic rings. The minimum absolute atomic E-state index is 0.194. The van der Waals surface area contributed by atoms with Crippen molar-refractivity contribution in [3.63, 3.8) is 0 Å². The number of nitrogens with zero attached hydrogens (tertiary/aromatic N) is 1. The van der Waals surface area contributed by atoms with Gasteiger partial charge in [-0.25, -0.2) is 8.42 Å². The Hall–Kier alpha value is -3.40. The van der Waals surface area contributed by atoms with E-state index >= 15 is 0 Å². The number of imide groups is 1. The van der Waals surface area contributed by atoms with Gasteiger partial charge in [-0.15, -0.1) is 0 Å². The van der Waals surface area contributed by atoms with Crippen molar-refractivity contribution in [2.75, 3.05) is 25.2 Å². The quantitative estimate of drug-likeness (QED) is 0.610. The topological polar surface area (TPSA) is 119 Å². The Balaban J connectivity index is 1.58. The van der Waals surface area contributed by atoms with E-state index in [0.29, 0.717) is 24.7 Å². The number of benzene rings is 2. The molecule has 0 spiro atoms. The van der Waals surface area contributed by atoms with E-state index in [1.54, 1.807) is 37.3 Å². The van der Waals surface area contributed by atoms with Crippen LogP contribution in [0.2, 0.25) is 0 Å². The SMILES string of the molecule is C[C@@H](NC(=O)[C@@H](CCS(C)(=O)=O)N1C(=O)c2ccccc2C1=O)c1ccc2c(c1)OCCO2. The lowest BCUT2D eigenvalue weighted by Gasteiger charge is -2.27. The Bertz CT molecular complexity index is 1190. The normalized spacial score (nSPS) is 16.8. The molecule has 2 aromatic rings. The van der Waals surface area contributed by atoms with Gasteiger partial charge in [-0.2, -0.15) is 0 Å². The first-order valence-electron chi connectivity index (χ1n) is 10.5. The lowest BCUT2D eigenvalue weighted by molar-refractivity contribution is -0.125. The van der Waals surface area contributed by atoms with E-state index < -0.39 is 39.6 Å². The predicted molar refractivity (Wildman–Crippen MR) is 119 cm³/mol. The molecule has 2 heterocycles. The molecule has 0 saturated carbocycles. The second-order valence-electron chi connectivity index (χ2n) is 8.09. The zero-order chi connectivity index (χ0) is 23.8. The fraction of sp³-hybridized carbons (Fsp3) is 0.348. The van der Waals surface area contributed by atoms with Crippen LogP contribution in [-0.4, -0.2) is 62.3 Å². The summed E-state index contributed by atoms with van der Waals surface area (Å²) in [6.07, 6.45) is 0.839. The summed E-state index contributed by atoms with van der Waals surface area (Å²) >= 11 is 0.